The summed E-state index contributed by atoms with van der Waals surface area (Å²) in [7, 11) is 0. The Kier molecular flexibility index (Phi) is 3.83. The van der Waals surface area contributed by atoms with Crippen LogP contribution in [0.4, 0.5) is 0 Å². The van der Waals surface area contributed by atoms with Crippen molar-refractivity contribution in [3.05, 3.63) is 64.5 Å². The van der Waals surface area contributed by atoms with Crippen molar-refractivity contribution in [2.45, 2.75) is 18.8 Å². The lowest BCUT2D eigenvalue weighted by Gasteiger charge is -2.31. The van der Waals surface area contributed by atoms with E-state index in [-0.39, 0.29) is 5.91 Å². The highest BCUT2D eigenvalue weighted by Crippen LogP contribution is 2.29. The van der Waals surface area contributed by atoms with Crippen molar-refractivity contribution < 1.29 is 4.79 Å². The van der Waals surface area contributed by atoms with Gasteiger partial charge in [-0.15, -0.1) is 0 Å². The summed E-state index contributed by atoms with van der Waals surface area (Å²) in [6.07, 6.45) is 2.08. The average molecular weight is 322 g/mol. The van der Waals surface area contributed by atoms with Gasteiger partial charge in [0.1, 0.15) is 5.69 Å². The van der Waals surface area contributed by atoms with Gasteiger partial charge in [-0.05, 0) is 53.3 Å². The molecule has 116 valence electrons. The maximum Gasteiger partial charge on any atom is 0.272 e. The first kappa shape index (κ1) is 14.4. The smallest absolute Gasteiger partial charge is 0.272 e. The fourth-order valence-corrected chi connectivity index (χ4v) is 4.01. The summed E-state index contributed by atoms with van der Waals surface area (Å²) in [5.74, 6) is 0.648. The van der Waals surface area contributed by atoms with Gasteiger partial charge in [-0.3, -0.25) is 4.79 Å². The Morgan fingerprint density at radius 3 is 2.70 bits per heavy atom. The van der Waals surface area contributed by atoms with Crippen LogP contribution in [-0.4, -0.2) is 28.9 Å². The number of fused-ring (bicyclic) bond motifs is 1. The molecule has 0 unspecified atom stereocenters. The topological polar surface area (TPSA) is 33.2 Å². The molecule has 1 aliphatic rings. The molecule has 3 aromatic rings. The van der Waals surface area contributed by atoms with Crippen molar-refractivity contribution in [1.82, 2.24) is 9.88 Å². The van der Waals surface area contributed by atoms with Crippen LogP contribution < -0.4 is 0 Å². The number of hydrogen-bond donors (Lipinski definition) is 0. The zero-order chi connectivity index (χ0) is 15.6. The lowest BCUT2D eigenvalue weighted by Crippen LogP contribution is -2.38. The second-order valence-corrected chi connectivity index (χ2v) is 6.79. The minimum absolute atomic E-state index is 0.0551. The van der Waals surface area contributed by atoms with Crippen LogP contribution in [0.5, 0.6) is 0 Å². The lowest BCUT2D eigenvalue weighted by atomic mass is 9.91. The molecule has 1 aromatic carbocycles. The fourth-order valence-electron chi connectivity index (χ4n) is 3.27. The Bertz CT molecular complexity index is 820. The van der Waals surface area contributed by atoms with Crippen molar-refractivity contribution >= 4 is 28.1 Å². The van der Waals surface area contributed by atoms with Crippen LogP contribution in [0.25, 0.3) is 10.9 Å². The fraction of sp³-hybridized carbons (Fsp3) is 0.263. The Labute approximate surface area is 139 Å². The van der Waals surface area contributed by atoms with Gasteiger partial charge in [-0.1, -0.05) is 24.3 Å². The summed E-state index contributed by atoms with van der Waals surface area (Å²) in [6.45, 7) is 1.63. The van der Waals surface area contributed by atoms with Crippen LogP contribution >= 0.6 is 11.3 Å². The van der Waals surface area contributed by atoms with Gasteiger partial charge in [0.25, 0.3) is 5.91 Å². The number of rotatable bonds is 2. The summed E-state index contributed by atoms with van der Waals surface area (Å²) in [5.41, 5.74) is 2.86. The molecular formula is C19H18N2OS. The van der Waals surface area contributed by atoms with E-state index in [4.69, 9.17) is 0 Å². The number of hydrogen-bond acceptors (Lipinski definition) is 3. The molecular weight excluding hydrogens is 304 g/mol. The molecule has 0 saturated carbocycles. The number of nitrogens with zero attached hydrogens (tertiary/aromatic N) is 2. The number of thiophene rings is 1. The molecule has 4 heteroatoms. The Balaban J connectivity index is 1.48. The number of pyridine rings is 1. The Morgan fingerprint density at radius 2 is 1.91 bits per heavy atom. The number of amides is 1. The van der Waals surface area contributed by atoms with Crippen molar-refractivity contribution in [3.63, 3.8) is 0 Å². The van der Waals surface area contributed by atoms with E-state index in [1.165, 1.54) is 5.56 Å². The molecule has 2 aromatic heterocycles. The van der Waals surface area contributed by atoms with E-state index in [0.717, 1.165) is 36.8 Å². The highest BCUT2D eigenvalue weighted by atomic mass is 32.1. The molecule has 0 N–H and O–H groups in total. The van der Waals surface area contributed by atoms with Gasteiger partial charge in [0, 0.05) is 18.5 Å². The van der Waals surface area contributed by atoms with Crippen LogP contribution in [-0.2, 0) is 0 Å². The third-order valence-corrected chi connectivity index (χ3v) is 5.32. The monoisotopic (exact) mass is 322 g/mol. The Morgan fingerprint density at radius 1 is 1.09 bits per heavy atom. The third kappa shape index (κ3) is 2.86. The molecule has 1 fully saturated rings. The highest BCUT2D eigenvalue weighted by Gasteiger charge is 2.25. The van der Waals surface area contributed by atoms with Gasteiger partial charge in [0.05, 0.1) is 5.52 Å². The number of carbonyl (C=O) groups is 1. The summed E-state index contributed by atoms with van der Waals surface area (Å²) in [4.78, 5) is 19.2. The molecule has 0 aliphatic carbocycles. The first-order chi connectivity index (χ1) is 11.3. The summed E-state index contributed by atoms with van der Waals surface area (Å²) >= 11 is 1.75. The summed E-state index contributed by atoms with van der Waals surface area (Å²) in [5, 5.41) is 5.43. The predicted molar refractivity (Wildman–Crippen MR) is 93.9 cm³/mol. The maximum absolute atomic E-state index is 12.7. The number of piperidine rings is 1. The lowest BCUT2D eigenvalue weighted by molar-refractivity contribution is 0.0707. The van der Waals surface area contributed by atoms with E-state index in [2.05, 4.69) is 21.8 Å². The van der Waals surface area contributed by atoms with Crippen molar-refractivity contribution in [2.24, 2.45) is 0 Å². The summed E-state index contributed by atoms with van der Waals surface area (Å²) in [6, 6.07) is 13.9. The van der Waals surface area contributed by atoms with E-state index in [9.17, 15) is 4.79 Å². The quantitative estimate of drug-likeness (QED) is 0.704. The predicted octanol–water partition coefficient (Wildman–Crippen LogP) is 4.32. The van der Waals surface area contributed by atoms with Gasteiger partial charge in [0.2, 0.25) is 0 Å². The van der Waals surface area contributed by atoms with E-state index < -0.39 is 0 Å². The number of likely N-dealkylation sites (tertiary alicyclic amines) is 1. The van der Waals surface area contributed by atoms with E-state index >= 15 is 0 Å². The van der Waals surface area contributed by atoms with Crippen molar-refractivity contribution in [1.29, 1.82) is 0 Å². The van der Waals surface area contributed by atoms with Crippen molar-refractivity contribution in [3.8, 4) is 0 Å². The molecule has 1 amide bonds. The van der Waals surface area contributed by atoms with Gasteiger partial charge >= 0.3 is 0 Å². The standard InChI is InChI=1S/C19H18N2OS/c22-19(18-6-5-15-3-1-2-4-17(15)20-18)21-10-7-14(8-11-21)16-9-12-23-13-16/h1-6,9,12-14H,7-8,10-11H2. The molecule has 0 atom stereocenters. The molecule has 3 heterocycles. The highest BCUT2D eigenvalue weighted by molar-refractivity contribution is 7.07. The first-order valence-electron chi connectivity index (χ1n) is 7.98. The van der Waals surface area contributed by atoms with Crippen LogP contribution in [0.3, 0.4) is 0 Å². The molecule has 1 saturated heterocycles. The SMILES string of the molecule is O=C(c1ccc2ccccc2n1)N1CCC(c2ccsc2)CC1. The van der Waals surface area contributed by atoms with Crippen molar-refractivity contribution in [2.75, 3.05) is 13.1 Å². The zero-order valence-corrected chi connectivity index (χ0v) is 13.6. The van der Waals surface area contributed by atoms with Gasteiger partial charge in [-0.2, -0.15) is 11.3 Å². The molecule has 0 radical (unpaired) electrons. The Hall–Kier alpha value is -2.20. The number of aromatic nitrogens is 1. The number of carbonyl (C=O) groups excluding carboxylic acids is 1. The van der Waals surface area contributed by atoms with E-state index in [1.807, 2.05) is 41.3 Å². The van der Waals surface area contributed by atoms with Gasteiger partial charge < -0.3 is 4.90 Å². The third-order valence-electron chi connectivity index (χ3n) is 4.61. The minimum atomic E-state index is 0.0551. The number of benzene rings is 1. The molecule has 23 heavy (non-hydrogen) atoms. The maximum atomic E-state index is 12.7. The molecule has 4 rings (SSSR count). The number of para-hydroxylation sites is 1. The second-order valence-electron chi connectivity index (χ2n) is 6.01. The van der Waals surface area contributed by atoms with Crippen LogP contribution in [0.2, 0.25) is 0 Å². The zero-order valence-electron chi connectivity index (χ0n) is 12.8. The van der Waals surface area contributed by atoms with Crippen LogP contribution in [0.1, 0.15) is 34.8 Å². The normalized spacial score (nSPS) is 15.9. The van der Waals surface area contributed by atoms with Crippen LogP contribution in [0, 0.1) is 0 Å². The molecule has 0 bridgehead atoms. The first-order valence-corrected chi connectivity index (χ1v) is 8.93. The molecule has 1 aliphatic heterocycles. The van der Waals surface area contributed by atoms with Gasteiger partial charge in [0.15, 0.2) is 0 Å². The molecule has 3 nitrogen and oxygen atoms in total. The van der Waals surface area contributed by atoms with E-state index in [1.54, 1.807) is 11.3 Å². The largest absolute Gasteiger partial charge is 0.337 e. The minimum Gasteiger partial charge on any atom is -0.337 e. The average Bonchev–Trinajstić information content (AvgIpc) is 3.15. The van der Waals surface area contributed by atoms with Crippen LogP contribution in [0.15, 0.2) is 53.2 Å². The molecule has 0 spiro atoms. The second kappa shape index (κ2) is 6.13. The van der Waals surface area contributed by atoms with E-state index in [0.29, 0.717) is 11.6 Å². The van der Waals surface area contributed by atoms with Gasteiger partial charge in [-0.25, -0.2) is 4.98 Å². The summed E-state index contributed by atoms with van der Waals surface area (Å²) < 4.78 is 0.